The van der Waals surface area contributed by atoms with Gasteiger partial charge in [-0.1, -0.05) is 6.07 Å². The first kappa shape index (κ1) is 19.2. The first-order valence-corrected chi connectivity index (χ1v) is 6.10. The Morgan fingerprint density at radius 1 is 1.39 bits per heavy atom. The van der Waals surface area contributed by atoms with Gasteiger partial charge in [0.15, 0.2) is 0 Å². The first-order chi connectivity index (χ1) is 7.99. The Morgan fingerprint density at radius 2 is 2.00 bits per heavy atom. The minimum Gasteiger partial charge on any atom is -0.748 e. The normalized spacial score (nSPS) is 9.39. The summed E-state index contributed by atoms with van der Waals surface area (Å²) < 4.78 is 30.7. The summed E-state index contributed by atoms with van der Waals surface area (Å²) in [5.74, 6) is -0.389. The zero-order valence-electron chi connectivity index (χ0n) is 9.15. The van der Waals surface area contributed by atoms with Crippen molar-refractivity contribution in [1.29, 1.82) is 0 Å². The van der Waals surface area contributed by atoms with Gasteiger partial charge in [-0.25, -0.2) is 8.42 Å². The van der Waals surface area contributed by atoms with Gasteiger partial charge >= 0.3 is 17.1 Å². The van der Waals surface area contributed by atoms with Crippen molar-refractivity contribution in [2.45, 2.75) is 6.54 Å². The molecule has 103 valence electrons. The maximum absolute atomic E-state index is 10.2. The molecule has 1 aromatic heterocycles. The van der Waals surface area contributed by atoms with Crippen molar-refractivity contribution < 1.29 is 30.0 Å². The van der Waals surface area contributed by atoms with Crippen LogP contribution in [0.3, 0.4) is 0 Å². The van der Waals surface area contributed by atoms with Crippen molar-refractivity contribution in [3.8, 4) is 0 Å². The Bertz CT molecular complexity index is 447. The summed E-state index contributed by atoms with van der Waals surface area (Å²) in [6, 6.07) is 5.46. The second-order valence-corrected chi connectivity index (χ2v) is 4.37. The van der Waals surface area contributed by atoms with Crippen molar-refractivity contribution in [3.05, 3.63) is 46.1 Å². The maximum Gasteiger partial charge on any atom is 2.00 e. The molecule has 0 spiro atoms. The van der Waals surface area contributed by atoms with Gasteiger partial charge < -0.3 is 20.9 Å². The van der Waals surface area contributed by atoms with E-state index in [2.05, 4.69) is 10.3 Å². The van der Waals surface area contributed by atoms with E-state index in [-0.39, 0.29) is 29.4 Å². The van der Waals surface area contributed by atoms with Gasteiger partial charge in [0.1, 0.15) is 0 Å². The van der Waals surface area contributed by atoms with Gasteiger partial charge in [-0.2, -0.15) is 0 Å². The second kappa shape index (κ2) is 11.0. The average molecular weight is 321 g/mol. The van der Waals surface area contributed by atoms with Gasteiger partial charge in [-0.3, -0.25) is 9.90 Å². The molecule has 0 aromatic carbocycles. The smallest absolute Gasteiger partial charge is 0.748 e. The zero-order chi connectivity index (χ0) is 13.1. The van der Waals surface area contributed by atoms with Crippen LogP contribution in [0, 0.1) is 0 Å². The van der Waals surface area contributed by atoms with Crippen molar-refractivity contribution in [2.75, 3.05) is 12.3 Å². The van der Waals surface area contributed by atoms with Crippen LogP contribution in [0.25, 0.3) is 16.0 Å². The van der Waals surface area contributed by atoms with Crippen LogP contribution >= 0.6 is 0 Å². The van der Waals surface area contributed by atoms with E-state index in [1.165, 1.54) is 4.91 Å². The molecule has 0 saturated carbocycles. The minimum atomic E-state index is -4.11. The Kier molecular flexibility index (Phi) is 11.7. The predicted molar refractivity (Wildman–Crippen MR) is 60.6 cm³/mol. The van der Waals surface area contributed by atoms with Gasteiger partial charge in [-0.15, -0.1) is 0 Å². The van der Waals surface area contributed by atoms with E-state index < -0.39 is 10.1 Å². The topological polar surface area (TPSA) is 141 Å². The summed E-state index contributed by atoms with van der Waals surface area (Å²) in [4.78, 5) is 5.52. The van der Waals surface area contributed by atoms with Crippen LogP contribution in [0.4, 0.5) is 0 Å². The summed E-state index contributed by atoms with van der Waals surface area (Å²) in [6.07, 6.45) is 1.65. The fourth-order valence-electron chi connectivity index (χ4n) is 0.916. The molecule has 0 saturated heterocycles. The van der Waals surface area contributed by atoms with E-state index in [4.69, 9.17) is 11.1 Å². The van der Waals surface area contributed by atoms with Crippen LogP contribution in [-0.2, 0) is 33.7 Å². The number of aromatic nitrogens is 1. The number of nitrogens with one attached hydrogen (secondary N) is 1. The third kappa shape index (κ3) is 12.9. The molecule has 0 fully saturated rings. The average Bonchev–Trinajstić information content (AvgIpc) is 2.26. The Morgan fingerprint density at radius 3 is 2.44 bits per heavy atom. The molecule has 10 heteroatoms. The van der Waals surface area contributed by atoms with Crippen LogP contribution < -0.4 is 5.32 Å². The van der Waals surface area contributed by atoms with E-state index in [0.717, 1.165) is 5.69 Å². The molecule has 18 heavy (non-hydrogen) atoms. The Balaban J connectivity index is 0. The van der Waals surface area contributed by atoms with E-state index >= 15 is 0 Å². The molecule has 0 bridgehead atoms. The summed E-state index contributed by atoms with van der Waals surface area (Å²) >= 11 is 0. The zero-order valence-corrected chi connectivity index (χ0v) is 10.9. The summed E-state index contributed by atoms with van der Waals surface area (Å²) in [5.41, 5.74) is 14.3. The SMILES string of the molecule is O=S(=O)([O-])CCNCc1ccccn1.[Cu+2].[N-]=[N+]=[N-]. The van der Waals surface area contributed by atoms with Gasteiger partial charge in [-0.05, 0) is 12.1 Å². The molecule has 0 aliphatic rings. The third-order valence-corrected chi connectivity index (χ3v) is 2.27. The first-order valence-electron chi connectivity index (χ1n) is 4.52. The van der Waals surface area contributed by atoms with E-state index in [0.29, 0.717) is 6.54 Å². The molecule has 0 unspecified atom stereocenters. The standard InChI is InChI=1S/C8H12N2O3S.Cu.N3/c11-14(12,13)6-5-9-7-8-3-1-2-4-10-8;;1-3-2/h1-4,9H,5-7H2,(H,11,12,13);;/q;+2;-1/p-1. The maximum atomic E-state index is 10.2. The molecule has 0 amide bonds. The molecule has 1 heterocycles. The van der Waals surface area contributed by atoms with Gasteiger partial charge in [0.25, 0.3) is 0 Å². The molecule has 1 aromatic rings. The fraction of sp³-hybridized carbons (Fsp3) is 0.375. The molecule has 0 aliphatic heterocycles. The minimum absolute atomic E-state index is 0. The molecule has 0 aliphatic carbocycles. The van der Waals surface area contributed by atoms with E-state index in [9.17, 15) is 13.0 Å². The van der Waals surface area contributed by atoms with E-state index in [1.54, 1.807) is 12.3 Å². The van der Waals surface area contributed by atoms with Crippen molar-refractivity contribution in [2.24, 2.45) is 0 Å². The number of nitrogens with zero attached hydrogens (tertiary/aromatic N) is 4. The van der Waals surface area contributed by atoms with Gasteiger partial charge in [0.05, 0.1) is 21.6 Å². The Hall–Kier alpha value is -1.15. The van der Waals surface area contributed by atoms with Crippen molar-refractivity contribution in [1.82, 2.24) is 10.3 Å². The molecule has 8 nitrogen and oxygen atoms in total. The molecule has 1 N–H and O–H groups in total. The largest absolute Gasteiger partial charge is 2.00 e. The number of hydrogen-bond donors (Lipinski definition) is 1. The van der Waals surface area contributed by atoms with Gasteiger partial charge in [0, 0.05) is 19.3 Å². The third-order valence-electron chi connectivity index (χ3n) is 1.56. The predicted octanol–water partition coefficient (Wildman–Crippen LogP) is 0.580. The second-order valence-electron chi connectivity index (χ2n) is 2.85. The number of hydrogen-bond acceptors (Lipinski definition) is 5. The molecule has 0 atom stereocenters. The number of rotatable bonds is 5. The van der Waals surface area contributed by atoms with Crippen LogP contribution in [-0.4, -0.2) is 30.3 Å². The fourth-order valence-corrected chi connectivity index (χ4v) is 1.31. The van der Waals surface area contributed by atoms with Crippen molar-refractivity contribution in [3.63, 3.8) is 0 Å². The van der Waals surface area contributed by atoms with Crippen molar-refractivity contribution >= 4 is 10.1 Å². The molecular weight excluding hydrogens is 310 g/mol. The van der Waals surface area contributed by atoms with Gasteiger partial charge in [0.2, 0.25) is 0 Å². The summed E-state index contributed by atoms with van der Waals surface area (Å²) in [7, 11) is -4.11. The monoisotopic (exact) mass is 320 g/mol. The number of pyridine rings is 1. The van der Waals surface area contributed by atoms with Crippen LogP contribution in [0.15, 0.2) is 24.4 Å². The Labute approximate surface area is 115 Å². The molecule has 1 radical (unpaired) electrons. The van der Waals surface area contributed by atoms with E-state index in [1.807, 2.05) is 12.1 Å². The molecule has 1 rings (SSSR count). The van der Waals surface area contributed by atoms with Crippen LogP contribution in [0.5, 0.6) is 0 Å². The van der Waals surface area contributed by atoms with Crippen LogP contribution in [0.1, 0.15) is 5.69 Å². The quantitative estimate of drug-likeness (QED) is 0.211. The molecular formula is C8H11CuN5O3S. The van der Waals surface area contributed by atoms with Crippen LogP contribution in [0.2, 0.25) is 0 Å². The summed E-state index contributed by atoms with van der Waals surface area (Å²) in [6.45, 7) is 0.624. The summed E-state index contributed by atoms with van der Waals surface area (Å²) in [5, 5.41) is 2.82.